The molecule has 0 radical (unpaired) electrons. The summed E-state index contributed by atoms with van der Waals surface area (Å²) in [5.74, 6) is 1.18. The van der Waals surface area contributed by atoms with E-state index in [0.29, 0.717) is 24.7 Å². The molecule has 1 heterocycles. The topological polar surface area (TPSA) is 74.2 Å². The Morgan fingerprint density at radius 3 is 2.53 bits per heavy atom. The number of aromatic nitrogens is 2. The molecule has 17 heavy (non-hydrogen) atoms. The summed E-state index contributed by atoms with van der Waals surface area (Å²) in [5, 5.41) is 3.99. The van der Waals surface area contributed by atoms with Gasteiger partial charge in [-0.05, 0) is 19.3 Å². The van der Waals surface area contributed by atoms with Crippen LogP contribution in [-0.2, 0) is 11.2 Å². The van der Waals surface area contributed by atoms with Crippen LogP contribution >= 0.6 is 0 Å². The lowest BCUT2D eigenvalue weighted by molar-refractivity contribution is -0.0203. The van der Waals surface area contributed by atoms with Crippen molar-refractivity contribution in [3.05, 3.63) is 11.7 Å². The molecule has 1 aromatic rings. The van der Waals surface area contributed by atoms with Crippen LogP contribution in [-0.4, -0.2) is 22.8 Å². The van der Waals surface area contributed by atoms with Crippen LogP contribution in [0.15, 0.2) is 4.52 Å². The van der Waals surface area contributed by atoms with Crippen molar-refractivity contribution in [3.8, 4) is 0 Å². The van der Waals surface area contributed by atoms with Crippen LogP contribution in [0.5, 0.6) is 0 Å². The number of hydrogen-bond donors (Lipinski definition) is 1. The Kier molecular flexibility index (Phi) is 4.65. The first-order valence-electron chi connectivity index (χ1n) is 6.04. The number of ether oxygens (including phenoxy) is 1. The minimum Gasteiger partial charge on any atom is -0.370 e. The summed E-state index contributed by atoms with van der Waals surface area (Å²) in [6.07, 6.45) is 0.439. The van der Waals surface area contributed by atoms with E-state index in [1.807, 2.05) is 13.8 Å². The van der Waals surface area contributed by atoms with Gasteiger partial charge in [0.2, 0.25) is 11.7 Å². The first-order chi connectivity index (χ1) is 7.84. The highest BCUT2D eigenvalue weighted by atomic mass is 16.5. The van der Waals surface area contributed by atoms with E-state index in [4.69, 9.17) is 15.0 Å². The number of nitrogens with two attached hydrogens (primary N) is 1. The SMILES string of the molecule is CCOC(c1noc(CC(C)N)n1)C(C)(C)C. The van der Waals surface area contributed by atoms with Gasteiger partial charge >= 0.3 is 0 Å². The Labute approximate surface area is 103 Å². The second-order valence-corrected chi connectivity index (χ2v) is 5.43. The average Bonchev–Trinajstić information content (AvgIpc) is 2.59. The number of hydrogen-bond acceptors (Lipinski definition) is 5. The molecule has 0 aromatic carbocycles. The summed E-state index contributed by atoms with van der Waals surface area (Å²) in [6.45, 7) is 10.8. The van der Waals surface area contributed by atoms with Gasteiger partial charge in [-0.15, -0.1) is 0 Å². The van der Waals surface area contributed by atoms with Crippen LogP contribution in [0, 0.1) is 5.41 Å². The number of nitrogens with zero attached hydrogens (tertiary/aromatic N) is 2. The molecule has 5 nitrogen and oxygen atoms in total. The molecule has 0 aliphatic carbocycles. The van der Waals surface area contributed by atoms with Crippen molar-refractivity contribution in [1.29, 1.82) is 0 Å². The number of rotatable bonds is 5. The predicted octanol–water partition coefficient (Wildman–Crippen LogP) is 2.08. The molecule has 1 aromatic heterocycles. The van der Waals surface area contributed by atoms with Gasteiger partial charge in [-0.1, -0.05) is 25.9 Å². The van der Waals surface area contributed by atoms with Crippen LogP contribution in [0.25, 0.3) is 0 Å². The van der Waals surface area contributed by atoms with E-state index in [9.17, 15) is 0 Å². The molecule has 2 N–H and O–H groups in total. The van der Waals surface area contributed by atoms with Gasteiger partial charge in [0.1, 0.15) is 6.10 Å². The van der Waals surface area contributed by atoms with Crippen LogP contribution < -0.4 is 5.73 Å². The van der Waals surface area contributed by atoms with Gasteiger partial charge in [-0.25, -0.2) is 0 Å². The Morgan fingerprint density at radius 1 is 1.41 bits per heavy atom. The van der Waals surface area contributed by atoms with Gasteiger partial charge < -0.3 is 15.0 Å². The van der Waals surface area contributed by atoms with Crippen molar-refractivity contribution in [2.24, 2.45) is 11.1 Å². The zero-order valence-corrected chi connectivity index (χ0v) is 11.4. The molecule has 0 spiro atoms. The molecule has 0 fully saturated rings. The molecular formula is C12H23N3O2. The summed E-state index contributed by atoms with van der Waals surface area (Å²) >= 11 is 0. The van der Waals surface area contributed by atoms with Gasteiger partial charge in [0.05, 0.1) is 0 Å². The third-order valence-corrected chi connectivity index (χ3v) is 2.33. The van der Waals surface area contributed by atoms with Crippen molar-refractivity contribution < 1.29 is 9.26 Å². The first kappa shape index (κ1) is 14.1. The van der Waals surface area contributed by atoms with Crippen molar-refractivity contribution in [2.75, 3.05) is 6.61 Å². The highest BCUT2D eigenvalue weighted by Gasteiger charge is 2.31. The molecule has 0 saturated heterocycles. The fourth-order valence-electron chi connectivity index (χ4n) is 1.61. The maximum atomic E-state index is 5.70. The highest BCUT2D eigenvalue weighted by Crippen LogP contribution is 2.34. The average molecular weight is 241 g/mol. The van der Waals surface area contributed by atoms with Gasteiger partial charge in [0, 0.05) is 19.1 Å². The predicted molar refractivity (Wildman–Crippen MR) is 65.5 cm³/mol. The van der Waals surface area contributed by atoms with E-state index in [0.717, 1.165) is 0 Å². The molecular weight excluding hydrogens is 218 g/mol. The van der Waals surface area contributed by atoms with Gasteiger partial charge in [0.15, 0.2) is 0 Å². The van der Waals surface area contributed by atoms with Gasteiger partial charge in [-0.2, -0.15) is 4.98 Å². The largest absolute Gasteiger partial charge is 0.370 e. The van der Waals surface area contributed by atoms with Crippen LogP contribution in [0.2, 0.25) is 0 Å². The fourth-order valence-corrected chi connectivity index (χ4v) is 1.61. The third-order valence-electron chi connectivity index (χ3n) is 2.33. The van der Waals surface area contributed by atoms with E-state index in [-0.39, 0.29) is 17.6 Å². The molecule has 2 atom stereocenters. The minimum absolute atomic E-state index is 0.0171. The summed E-state index contributed by atoms with van der Waals surface area (Å²) in [4.78, 5) is 4.35. The van der Waals surface area contributed by atoms with E-state index < -0.39 is 0 Å². The molecule has 0 aliphatic heterocycles. The van der Waals surface area contributed by atoms with E-state index in [1.165, 1.54) is 0 Å². The Morgan fingerprint density at radius 2 is 2.06 bits per heavy atom. The summed E-state index contributed by atoms with van der Waals surface area (Å²) in [7, 11) is 0. The monoisotopic (exact) mass is 241 g/mol. The Bertz CT molecular complexity index is 342. The third kappa shape index (κ3) is 4.09. The van der Waals surface area contributed by atoms with Crippen molar-refractivity contribution in [3.63, 3.8) is 0 Å². The first-order valence-corrected chi connectivity index (χ1v) is 6.04. The van der Waals surface area contributed by atoms with Gasteiger partial charge in [0.25, 0.3) is 0 Å². The molecule has 1 rings (SSSR count). The van der Waals surface area contributed by atoms with E-state index >= 15 is 0 Å². The van der Waals surface area contributed by atoms with E-state index in [2.05, 4.69) is 30.9 Å². The molecule has 0 amide bonds. The lowest BCUT2D eigenvalue weighted by atomic mass is 9.88. The van der Waals surface area contributed by atoms with Crippen molar-refractivity contribution >= 4 is 0 Å². The highest BCUT2D eigenvalue weighted by molar-refractivity contribution is 4.97. The summed E-state index contributed by atoms with van der Waals surface area (Å²) < 4.78 is 10.9. The second kappa shape index (κ2) is 5.60. The molecule has 5 heteroatoms. The smallest absolute Gasteiger partial charge is 0.228 e. The van der Waals surface area contributed by atoms with Crippen LogP contribution in [0.3, 0.4) is 0 Å². The molecule has 0 saturated carbocycles. The molecule has 2 unspecified atom stereocenters. The Balaban J connectivity index is 2.84. The molecule has 0 bridgehead atoms. The second-order valence-electron chi connectivity index (χ2n) is 5.43. The molecule has 0 aliphatic rings. The Hall–Kier alpha value is -0.940. The van der Waals surface area contributed by atoms with Crippen molar-refractivity contribution in [2.45, 2.75) is 53.2 Å². The fraction of sp³-hybridized carbons (Fsp3) is 0.833. The lowest BCUT2D eigenvalue weighted by Gasteiger charge is -2.27. The van der Waals surface area contributed by atoms with E-state index in [1.54, 1.807) is 0 Å². The quantitative estimate of drug-likeness (QED) is 0.854. The summed E-state index contributed by atoms with van der Waals surface area (Å²) in [5.41, 5.74) is 5.63. The standard InChI is InChI=1S/C12H23N3O2/c1-6-16-10(12(3,4)5)11-14-9(17-15-11)7-8(2)13/h8,10H,6-7,13H2,1-5H3. The minimum atomic E-state index is -0.155. The summed E-state index contributed by atoms with van der Waals surface area (Å²) in [6, 6.07) is 0.0171. The molecule has 98 valence electrons. The normalized spacial score (nSPS) is 15.9. The maximum Gasteiger partial charge on any atom is 0.228 e. The lowest BCUT2D eigenvalue weighted by Crippen LogP contribution is -2.23. The zero-order chi connectivity index (χ0) is 13.1. The van der Waals surface area contributed by atoms with Crippen LogP contribution in [0.4, 0.5) is 0 Å². The zero-order valence-electron chi connectivity index (χ0n) is 11.4. The van der Waals surface area contributed by atoms with Gasteiger partial charge in [-0.3, -0.25) is 0 Å². The maximum absolute atomic E-state index is 5.70. The van der Waals surface area contributed by atoms with Crippen LogP contribution in [0.1, 0.15) is 52.4 Å². The van der Waals surface area contributed by atoms with Crippen molar-refractivity contribution in [1.82, 2.24) is 10.1 Å².